The minimum Gasteiger partial charge on any atom is -0.468 e. The van der Waals surface area contributed by atoms with Crippen molar-refractivity contribution in [3.8, 4) is 11.5 Å². The van der Waals surface area contributed by atoms with Gasteiger partial charge in [-0.15, -0.1) is 0 Å². The minimum absolute atomic E-state index is 0.107. The molecular formula is C20H17NO6S. The fourth-order valence-electron chi connectivity index (χ4n) is 2.94. The Bertz CT molecular complexity index is 1080. The number of nitrogens with one attached hydrogen (secondary N) is 1. The molecule has 0 saturated heterocycles. The van der Waals surface area contributed by atoms with Crippen LogP contribution in [-0.2, 0) is 9.84 Å². The van der Waals surface area contributed by atoms with Gasteiger partial charge < -0.3 is 19.2 Å². The molecule has 1 amide bonds. The molecule has 2 heterocycles. The van der Waals surface area contributed by atoms with Crippen LogP contribution >= 0.6 is 0 Å². The summed E-state index contributed by atoms with van der Waals surface area (Å²) in [5.41, 5.74) is 0.347. The third-order valence-corrected chi connectivity index (χ3v) is 6.47. The van der Waals surface area contributed by atoms with Crippen LogP contribution in [0.3, 0.4) is 0 Å². The average molecular weight is 399 g/mol. The molecule has 0 bridgehead atoms. The van der Waals surface area contributed by atoms with E-state index in [0.717, 1.165) is 0 Å². The Kier molecular flexibility index (Phi) is 4.79. The summed E-state index contributed by atoms with van der Waals surface area (Å²) in [4.78, 5) is 12.7. The van der Waals surface area contributed by atoms with Gasteiger partial charge in [-0.05, 0) is 42.5 Å². The van der Waals surface area contributed by atoms with Gasteiger partial charge in [-0.2, -0.15) is 0 Å². The molecule has 1 N–H and O–H groups in total. The Morgan fingerprint density at radius 2 is 1.79 bits per heavy atom. The molecule has 1 unspecified atom stereocenters. The second-order valence-corrected chi connectivity index (χ2v) is 8.27. The first kappa shape index (κ1) is 18.1. The van der Waals surface area contributed by atoms with Crippen molar-refractivity contribution >= 4 is 15.7 Å². The second-order valence-electron chi connectivity index (χ2n) is 6.14. The molecule has 7 nitrogen and oxygen atoms in total. The lowest BCUT2D eigenvalue weighted by atomic mass is 10.2. The predicted molar refractivity (Wildman–Crippen MR) is 100.0 cm³/mol. The lowest BCUT2D eigenvalue weighted by molar-refractivity contribution is 0.0952. The zero-order chi connectivity index (χ0) is 19.6. The van der Waals surface area contributed by atoms with E-state index in [4.69, 9.17) is 13.9 Å². The molecule has 1 aliphatic heterocycles. The molecule has 1 aliphatic rings. The van der Waals surface area contributed by atoms with Crippen LogP contribution in [0.2, 0.25) is 0 Å². The summed E-state index contributed by atoms with van der Waals surface area (Å²) in [5.74, 6) is 0.886. The summed E-state index contributed by atoms with van der Waals surface area (Å²) in [5, 5.41) is 1.63. The number of carbonyl (C=O) groups excluding carboxylic acids is 1. The van der Waals surface area contributed by atoms with E-state index in [2.05, 4.69) is 5.32 Å². The van der Waals surface area contributed by atoms with Gasteiger partial charge in [-0.3, -0.25) is 4.79 Å². The van der Waals surface area contributed by atoms with Gasteiger partial charge in [-0.25, -0.2) is 8.42 Å². The second kappa shape index (κ2) is 7.40. The monoisotopic (exact) mass is 399 g/mol. The zero-order valence-corrected chi connectivity index (χ0v) is 15.5. The van der Waals surface area contributed by atoms with Crippen molar-refractivity contribution in [3.63, 3.8) is 0 Å². The van der Waals surface area contributed by atoms with Crippen LogP contribution < -0.4 is 14.8 Å². The number of hydrogen-bond acceptors (Lipinski definition) is 6. The van der Waals surface area contributed by atoms with Crippen molar-refractivity contribution in [1.29, 1.82) is 0 Å². The van der Waals surface area contributed by atoms with Gasteiger partial charge in [0.05, 0.1) is 11.2 Å². The number of furan rings is 1. The first-order valence-electron chi connectivity index (χ1n) is 8.56. The highest BCUT2D eigenvalue weighted by molar-refractivity contribution is 7.91. The number of amides is 1. The van der Waals surface area contributed by atoms with E-state index in [0.29, 0.717) is 17.1 Å². The van der Waals surface area contributed by atoms with Crippen molar-refractivity contribution in [3.05, 3.63) is 78.3 Å². The van der Waals surface area contributed by atoms with Crippen LogP contribution in [0.25, 0.3) is 0 Å². The lowest BCUT2D eigenvalue weighted by Gasteiger charge is -2.17. The van der Waals surface area contributed by atoms with Crippen molar-refractivity contribution in [2.45, 2.75) is 10.1 Å². The van der Waals surface area contributed by atoms with E-state index in [9.17, 15) is 13.2 Å². The zero-order valence-electron chi connectivity index (χ0n) is 14.7. The van der Waals surface area contributed by atoms with Crippen molar-refractivity contribution in [2.75, 3.05) is 13.3 Å². The molecule has 28 heavy (non-hydrogen) atoms. The first-order valence-corrected chi connectivity index (χ1v) is 10.1. The molecule has 0 spiro atoms. The largest absolute Gasteiger partial charge is 0.468 e. The van der Waals surface area contributed by atoms with Gasteiger partial charge in [0.2, 0.25) is 6.79 Å². The van der Waals surface area contributed by atoms with Crippen LogP contribution in [0.5, 0.6) is 11.5 Å². The standard InChI is InChI=1S/C20H17NO6S/c22-20(14-8-9-16-18(11-14)27-13-26-16)21-12-19(17-7-4-10-25-17)28(23,24)15-5-2-1-3-6-15/h1-11,19H,12-13H2,(H,21,22). The van der Waals surface area contributed by atoms with Gasteiger partial charge in [0.1, 0.15) is 11.0 Å². The summed E-state index contributed by atoms with van der Waals surface area (Å²) in [7, 11) is -3.76. The Hall–Kier alpha value is -3.26. The van der Waals surface area contributed by atoms with Gasteiger partial charge >= 0.3 is 0 Å². The first-order chi connectivity index (χ1) is 13.6. The van der Waals surface area contributed by atoms with Crippen LogP contribution in [0.4, 0.5) is 0 Å². The third-order valence-electron chi connectivity index (χ3n) is 4.39. The van der Waals surface area contributed by atoms with Gasteiger partial charge in [0.15, 0.2) is 21.3 Å². The Morgan fingerprint density at radius 3 is 2.54 bits per heavy atom. The molecule has 8 heteroatoms. The number of hydrogen-bond donors (Lipinski definition) is 1. The van der Waals surface area contributed by atoms with Gasteiger partial charge in [0, 0.05) is 12.1 Å². The number of benzene rings is 2. The molecule has 0 saturated carbocycles. The Morgan fingerprint density at radius 1 is 1.00 bits per heavy atom. The molecule has 1 aromatic heterocycles. The van der Waals surface area contributed by atoms with E-state index in [1.54, 1.807) is 48.5 Å². The number of rotatable bonds is 6. The summed E-state index contributed by atoms with van der Waals surface area (Å²) < 4.78 is 42.0. The molecule has 0 radical (unpaired) electrons. The molecule has 144 valence electrons. The number of sulfone groups is 1. The smallest absolute Gasteiger partial charge is 0.251 e. The quantitative estimate of drug-likeness (QED) is 0.685. The fraction of sp³-hybridized carbons (Fsp3) is 0.150. The number of fused-ring (bicyclic) bond motifs is 1. The molecule has 1 atom stereocenters. The summed E-state index contributed by atoms with van der Waals surface area (Å²) in [6.45, 7) is -0.0334. The highest BCUT2D eigenvalue weighted by Gasteiger charge is 2.32. The van der Waals surface area contributed by atoms with E-state index in [-0.39, 0.29) is 24.0 Å². The van der Waals surface area contributed by atoms with E-state index >= 15 is 0 Å². The normalized spacial score (nSPS) is 13.9. The maximum atomic E-state index is 13.1. The SMILES string of the molecule is O=C(NCC(c1ccco1)S(=O)(=O)c1ccccc1)c1ccc2c(c1)OCO2. The Labute approximate surface area is 161 Å². The van der Waals surface area contributed by atoms with Crippen molar-refractivity contribution < 1.29 is 27.1 Å². The molecule has 2 aromatic carbocycles. The molecule has 0 aliphatic carbocycles. The number of ether oxygens (including phenoxy) is 2. The summed E-state index contributed by atoms with van der Waals surface area (Å²) in [6, 6.07) is 16.1. The molecule has 3 aromatic rings. The summed E-state index contributed by atoms with van der Waals surface area (Å²) in [6.07, 6.45) is 1.41. The third kappa shape index (κ3) is 3.46. The Balaban J connectivity index is 1.56. The van der Waals surface area contributed by atoms with Crippen LogP contribution in [-0.4, -0.2) is 27.7 Å². The van der Waals surface area contributed by atoms with E-state index in [1.165, 1.54) is 18.4 Å². The van der Waals surface area contributed by atoms with Crippen molar-refractivity contribution in [2.24, 2.45) is 0 Å². The van der Waals surface area contributed by atoms with Crippen molar-refractivity contribution in [1.82, 2.24) is 5.32 Å². The molecule has 4 rings (SSSR count). The average Bonchev–Trinajstić information content (AvgIpc) is 3.40. The predicted octanol–water partition coefficient (Wildman–Crippen LogP) is 2.95. The highest BCUT2D eigenvalue weighted by atomic mass is 32.2. The number of carbonyl (C=O) groups is 1. The maximum Gasteiger partial charge on any atom is 0.251 e. The van der Waals surface area contributed by atoms with Crippen LogP contribution in [0, 0.1) is 0 Å². The van der Waals surface area contributed by atoms with Gasteiger partial charge in [0.25, 0.3) is 5.91 Å². The topological polar surface area (TPSA) is 94.8 Å². The summed E-state index contributed by atoms with van der Waals surface area (Å²) >= 11 is 0. The lowest BCUT2D eigenvalue weighted by Crippen LogP contribution is -2.31. The molecular weight excluding hydrogens is 382 g/mol. The van der Waals surface area contributed by atoms with Crippen LogP contribution in [0.15, 0.2) is 76.2 Å². The van der Waals surface area contributed by atoms with E-state index < -0.39 is 21.0 Å². The fourth-order valence-corrected chi connectivity index (χ4v) is 4.55. The van der Waals surface area contributed by atoms with E-state index in [1.807, 2.05) is 0 Å². The molecule has 0 fully saturated rings. The maximum absolute atomic E-state index is 13.1. The van der Waals surface area contributed by atoms with Gasteiger partial charge in [-0.1, -0.05) is 18.2 Å². The van der Waals surface area contributed by atoms with Crippen LogP contribution in [0.1, 0.15) is 21.4 Å². The highest BCUT2D eigenvalue weighted by Crippen LogP contribution is 2.33. The minimum atomic E-state index is -3.76.